The summed E-state index contributed by atoms with van der Waals surface area (Å²) in [7, 11) is -3.25. The fourth-order valence-corrected chi connectivity index (χ4v) is 12.9. The molecule has 2 saturated heterocycles. The van der Waals surface area contributed by atoms with Crippen molar-refractivity contribution in [2.45, 2.75) is 133 Å². The van der Waals surface area contributed by atoms with Gasteiger partial charge >= 0.3 is 0 Å². The van der Waals surface area contributed by atoms with Gasteiger partial charge in [-0.3, -0.25) is 19.8 Å². The number of amides is 1. The molecule has 5 aromatic rings. The molecule has 1 amide bonds. The van der Waals surface area contributed by atoms with E-state index in [2.05, 4.69) is 67.9 Å². The first kappa shape index (κ1) is 50.5. The Balaban J connectivity index is 0.904. The van der Waals surface area contributed by atoms with Gasteiger partial charge in [0.05, 0.1) is 38.5 Å². The van der Waals surface area contributed by atoms with Crippen LogP contribution in [0.25, 0.3) is 11.0 Å². The van der Waals surface area contributed by atoms with Crippen molar-refractivity contribution in [3.8, 4) is 23.1 Å². The number of hydrogen-bond donors (Lipinski definition) is 4. The number of fused-ring (bicyclic) bond motifs is 2. The number of rotatable bonds is 15. The Hall–Kier alpha value is -6.02. The van der Waals surface area contributed by atoms with Gasteiger partial charge in [0.25, 0.3) is 27.5 Å². The lowest BCUT2D eigenvalue weighted by molar-refractivity contribution is -0.384. The Bertz CT molecular complexity index is 2990. The summed E-state index contributed by atoms with van der Waals surface area (Å²) in [5.41, 5.74) is 2.59. The molecule has 3 atom stereocenters. The number of anilines is 2. The Kier molecular flexibility index (Phi) is 13.8. The molecule has 0 bridgehead atoms. The van der Waals surface area contributed by atoms with Gasteiger partial charge in [-0.2, -0.15) is 4.98 Å². The minimum Gasteiger partial charge on any atom is -0.489 e. The Morgan fingerprint density at radius 3 is 2.51 bits per heavy atom. The maximum absolute atomic E-state index is 15.1. The van der Waals surface area contributed by atoms with Crippen molar-refractivity contribution in [3.05, 3.63) is 99.5 Å². The Labute approximate surface area is 425 Å². The summed E-state index contributed by atoms with van der Waals surface area (Å²) in [5.74, 6) is -1.31. The summed E-state index contributed by atoms with van der Waals surface area (Å²) in [4.78, 5) is 37.9. The number of halogens is 1. The fourth-order valence-electron chi connectivity index (χ4n) is 11.9. The average Bonchev–Trinajstić information content (AvgIpc) is 4.00. The molecule has 73 heavy (non-hydrogen) atoms. The van der Waals surface area contributed by atoms with E-state index in [-0.39, 0.29) is 82.1 Å². The SMILES string of the molecule is CO[C@H](C)COc1nc2[nH]cc(F)c2cc1Oc1cc(N2CCC3(CC2)CC(N2CCC[C@H]2c2ccccc2C(C)C)C3)ccc1C(=O)NS(=O)(=O)c1cc2c(c([N+](=O)[O-])c1)N[C@@H]([C@H]1CC[C@](C)(O)CC1)CO2. The van der Waals surface area contributed by atoms with Crippen LogP contribution in [-0.2, 0) is 14.8 Å². The van der Waals surface area contributed by atoms with Gasteiger partial charge < -0.3 is 39.3 Å². The molecule has 17 nitrogen and oxygen atoms in total. The van der Waals surface area contributed by atoms with Crippen LogP contribution in [0.5, 0.6) is 23.1 Å². The van der Waals surface area contributed by atoms with Crippen LogP contribution in [0.2, 0.25) is 0 Å². The highest BCUT2D eigenvalue weighted by molar-refractivity contribution is 7.90. The molecule has 2 saturated carbocycles. The number of aliphatic hydroxyl groups is 1. The zero-order valence-corrected chi connectivity index (χ0v) is 42.9. The number of ether oxygens (including phenoxy) is 4. The summed E-state index contributed by atoms with van der Waals surface area (Å²) in [6.07, 6.45) is 9.92. The molecule has 19 heteroatoms. The van der Waals surface area contributed by atoms with Gasteiger partial charge in [0, 0.05) is 68.4 Å². The highest BCUT2D eigenvalue weighted by Crippen LogP contribution is 2.54. The molecule has 3 aliphatic heterocycles. The third-order valence-corrected chi connectivity index (χ3v) is 17.6. The third kappa shape index (κ3) is 10.3. The zero-order chi connectivity index (χ0) is 51.4. The number of H-pyrrole nitrogens is 1. The first-order chi connectivity index (χ1) is 34.9. The molecular formula is C54H66FN7O10S. The molecule has 0 radical (unpaired) electrons. The second-order valence-electron chi connectivity index (χ2n) is 21.6. The van der Waals surface area contributed by atoms with Crippen LogP contribution in [0.3, 0.4) is 0 Å². The smallest absolute Gasteiger partial charge is 0.297 e. The number of nitro groups is 1. The van der Waals surface area contributed by atoms with Crippen molar-refractivity contribution < 1.29 is 46.6 Å². The molecule has 1 spiro atoms. The number of aromatic amines is 1. The van der Waals surface area contributed by atoms with Crippen LogP contribution in [-0.4, -0.2) is 103 Å². The van der Waals surface area contributed by atoms with Gasteiger partial charge in [-0.25, -0.2) is 17.5 Å². The fraction of sp³-hybridized carbons (Fsp3) is 0.519. The van der Waals surface area contributed by atoms with Crippen molar-refractivity contribution in [3.63, 3.8) is 0 Å². The topological polar surface area (TPSA) is 211 Å². The number of hydrogen-bond acceptors (Lipinski definition) is 14. The highest BCUT2D eigenvalue weighted by atomic mass is 32.2. The number of carbonyl (C=O) groups excluding carboxylic acids is 1. The molecule has 5 aliphatic rings. The van der Waals surface area contributed by atoms with E-state index >= 15 is 4.39 Å². The predicted octanol–water partition coefficient (Wildman–Crippen LogP) is 9.76. The van der Waals surface area contributed by atoms with Gasteiger partial charge in [0.15, 0.2) is 17.2 Å². The van der Waals surface area contributed by atoms with E-state index in [1.54, 1.807) is 26.0 Å². The van der Waals surface area contributed by atoms with Crippen molar-refractivity contribution in [2.24, 2.45) is 11.3 Å². The molecule has 5 heterocycles. The first-order valence-corrected chi connectivity index (χ1v) is 27.1. The van der Waals surface area contributed by atoms with E-state index in [1.165, 1.54) is 43.2 Å². The number of nitrogens with one attached hydrogen (secondary N) is 3. The second kappa shape index (κ2) is 20.0. The number of benzene rings is 3. The van der Waals surface area contributed by atoms with Crippen molar-refractivity contribution in [1.29, 1.82) is 0 Å². The molecule has 4 fully saturated rings. The maximum Gasteiger partial charge on any atom is 0.297 e. The zero-order valence-electron chi connectivity index (χ0n) is 42.1. The number of nitro benzene ring substituents is 1. The van der Waals surface area contributed by atoms with E-state index in [0.29, 0.717) is 43.7 Å². The summed E-state index contributed by atoms with van der Waals surface area (Å²) in [6, 6.07) is 17.9. The van der Waals surface area contributed by atoms with E-state index in [4.69, 9.17) is 18.9 Å². The molecule has 390 valence electrons. The number of sulfonamides is 1. The van der Waals surface area contributed by atoms with Crippen LogP contribution in [0.1, 0.15) is 125 Å². The summed E-state index contributed by atoms with van der Waals surface area (Å²) in [5, 5.41) is 26.3. The predicted molar refractivity (Wildman–Crippen MR) is 274 cm³/mol. The lowest BCUT2D eigenvalue weighted by atomic mass is 9.59. The lowest BCUT2D eigenvalue weighted by Crippen LogP contribution is -2.54. The lowest BCUT2D eigenvalue weighted by Gasteiger charge is -2.56. The normalized spacial score (nSPS) is 23.6. The Morgan fingerprint density at radius 2 is 1.78 bits per heavy atom. The van der Waals surface area contributed by atoms with Crippen LogP contribution in [0.4, 0.5) is 21.5 Å². The van der Waals surface area contributed by atoms with E-state index in [9.17, 15) is 28.4 Å². The van der Waals surface area contributed by atoms with Crippen LogP contribution in [0, 0.1) is 27.3 Å². The highest BCUT2D eigenvalue weighted by Gasteiger charge is 2.50. The molecule has 2 aromatic heterocycles. The van der Waals surface area contributed by atoms with Crippen LogP contribution < -0.4 is 29.1 Å². The summed E-state index contributed by atoms with van der Waals surface area (Å²) in [6.45, 7) is 10.9. The minimum absolute atomic E-state index is 0.0254. The third-order valence-electron chi connectivity index (χ3n) is 16.3. The number of aromatic nitrogens is 2. The van der Waals surface area contributed by atoms with Crippen LogP contribution >= 0.6 is 0 Å². The van der Waals surface area contributed by atoms with E-state index in [0.717, 1.165) is 69.3 Å². The van der Waals surface area contributed by atoms with Crippen molar-refractivity contribution >= 4 is 44.0 Å². The summed E-state index contributed by atoms with van der Waals surface area (Å²) >= 11 is 0. The number of nitrogens with zero attached hydrogens (tertiary/aromatic N) is 4. The summed E-state index contributed by atoms with van der Waals surface area (Å²) < 4.78 is 69.4. The van der Waals surface area contributed by atoms with Gasteiger partial charge in [0.1, 0.15) is 30.4 Å². The molecular weight excluding hydrogens is 958 g/mol. The monoisotopic (exact) mass is 1020 g/mol. The van der Waals surface area contributed by atoms with E-state index < -0.39 is 42.9 Å². The largest absolute Gasteiger partial charge is 0.489 e. The Morgan fingerprint density at radius 1 is 1.03 bits per heavy atom. The standard InChI is InChI=1S/C54H66FN7O10S/c1-32(2)38-9-6-7-10-39(38)44-11-8-20-61(44)36-27-54(28-36)18-21-60(22-19-54)35-12-13-40(46(23-35)72-48-26-41-42(55)29-56-50(41)58-52(48)71-30-33(3)69-5)51(63)59-73(67,68)37-24-45(62(65)66)49-47(25-37)70-31-43(57-49)34-14-16-53(4,64)17-15-34/h6-7,9-10,12-13,23-26,29,32-34,36,43-44,57,64H,8,11,14-22,27-28,30-31H2,1-5H3,(H,56,58)(H,59,63)/t33-,34-,43-,44+,53-/m1/s1. The molecule has 4 N–H and O–H groups in total. The van der Waals surface area contributed by atoms with Gasteiger partial charge in [-0.15, -0.1) is 0 Å². The number of pyridine rings is 1. The van der Waals surface area contributed by atoms with Gasteiger partial charge in [-0.05, 0) is 125 Å². The average molecular weight is 1020 g/mol. The van der Waals surface area contributed by atoms with Gasteiger partial charge in [-0.1, -0.05) is 38.1 Å². The quantitative estimate of drug-likeness (QED) is 0.0568. The molecule has 3 aromatic carbocycles. The maximum atomic E-state index is 15.1. The van der Waals surface area contributed by atoms with Gasteiger partial charge in [0.2, 0.25) is 0 Å². The van der Waals surface area contributed by atoms with Crippen molar-refractivity contribution in [2.75, 3.05) is 50.2 Å². The van der Waals surface area contributed by atoms with E-state index in [1.807, 2.05) is 0 Å². The number of piperidine rings is 1. The van der Waals surface area contributed by atoms with Crippen LogP contribution in [0.15, 0.2) is 71.8 Å². The minimum atomic E-state index is -4.78. The van der Waals surface area contributed by atoms with Crippen molar-refractivity contribution in [1.82, 2.24) is 19.6 Å². The molecule has 0 unspecified atom stereocenters. The molecule has 2 aliphatic carbocycles. The number of carbonyl (C=O) groups is 1. The number of methoxy groups -OCH3 is 1. The first-order valence-electron chi connectivity index (χ1n) is 25.7. The molecule has 10 rings (SSSR count). The number of likely N-dealkylation sites (tertiary alicyclic amines) is 1. The second-order valence-corrected chi connectivity index (χ2v) is 23.3.